The van der Waals surface area contributed by atoms with Crippen LogP contribution in [0.15, 0.2) is 24.4 Å². The number of aromatic amines is 1. The lowest BCUT2D eigenvalue weighted by Crippen LogP contribution is -1.90. The van der Waals surface area contributed by atoms with Gasteiger partial charge in [-0.05, 0) is 24.0 Å². The van der Waals surface area contributed by atoms with E-state index in [1.54, 1.807) is 6.07 Å². The van der Waals surface area contributed by atoms with Crippen LogP contribution in [0.2, 0.25) is 0 Å². The number of para-hydroxylation sites is 1. The summed E-state index contributed by atoms with van der Waals surface area (Å²) < 4.78 is 13.4. The summed E-state index contributed by atoms with van der Waals surface area (Å²) in [4.78, 5) is 3.02. The molecule has 1 heterocycles. The Balaban J connectivity index is 2.49. The second-order valence-electron chi connectivity index (χ2n) is 4.10. The highest BCUT2D eigenvalue weighted by Gasteiger charge is 2.11. The molecule has 0 spiro atoms. The molecular weight excluding hydrogens is 189 g/mol. The van der Waals surface area contributed by atoms with Gasteiger partial charge in [-0.2, -0.15) is 0 Å². The van der Waals surface area contributed by atoms with Gasteiger partial charge in [-0.25, -0.2) is 4.39 Å². The van der Waals surface area contributed by atoms with Crippen LogP contribution in [0, 0.1) is 5.82 Å². The van der Waals surface area contributed by atoms with Crippen LogP contribution in [-0.4, -0.2) is 4.98 Å². The molecule has 0 saturated heterocycles. The monoisotopic (exact) mass is 205 g/mol. The van der Waals surface area contributed by atoms with Gasteiger partial charge < -0.3 is 4.98 Å². The second kappa shape index (κ2) is 4.05. The number of aromatic nitrogens is 1. The van der Waals surface area contributed by atoms with Crippen molar-refractivity contribution in [3.05, 3.63) is 35.8 Å². The highest BCUT2D eigenvalue weighted by molar-refractivity contribution is 5.84. The molecule has 2 heteroatoms. The van der Waals surface area contributed by atoms with Gasteiger partial charge in [0.25, 0.3) is 0 Å². The lowest BCUT2D eigenvalue weighted by atomic mass is 9.96. The Morgan fingerprint density at radius 1 is 1.40 bits per heavy atom. The Morgan fingerprint density at radius 2 is 2.20 bits per heavy atom. The van der Waals surface area contributed by atoms with Gasteiger partial charge in [0.2, 0.25) is 0 Å². The number of rotatable bonds is 3. The number of halogens is 1. The molecule has 0 fully saturated rings. The lowest BCUT2D eigenvalue weighted by Gasteiger charge is -2.08. The largest absolute Gasteiger partial charge is 0.359 e. The predicted octanol–water partition coefficient (Wildman–Crippen LogP) is 4.21. The van der Waals surface area contributed by atoms with Crippen molar-refractivity contribution in [1.82, 2.24) is 4.98 Å². The van der Waals surface area contributed by atoms with Gasteiger partial charge in [-0.15, -0.1) is 0 Å². The summed E-state index contributed by atoms with van der Waals surface area (Å²) in [5.74, 6) is 0.327. The standard InChI is InChI=1S/C13H16FN/c1-3-5-9(2)11-8-15-13-10(11)6-4-7-12(13)14/h4,6-9,15H,3,5H2,1-2H3. The van der Waals surface area contributed by atoms with Crippen LogP contribution in [0.1, 0.15) is 38.2 Å². The van der Waals surface area contributed by atoms with E-state index in [1.165, 1.54) is 11.6 Å². The van der Waals surface area contributed by atoms with Gasteiger partial charge in [-0.1, -0.05) is 32.4 Å². The molecule has 1 aromatic heterocycles. The average molecular weight is 205 g/mol. The number of fused-ring (bicyclic) bond motifs is 1. The fraction of sp³-hybridized carbons (Fsp3) is 0.385. The van der Waals surface area contributed by atoms with Gasteiger partial charge in [0.05, 0.1) is 5.52 Å². The number of hydrogen-bond acceptors (Lipinski definition) is 0. The van der Waals surface area contributed by atoms with Crippen molar-refractivity contribution < 1.29 is 4.39 Å². The molecule has 0 bridgehead atoms. The molecule has 1 N–H and O–H groups in total. The van der Waals surface area contributed by atoms with E-state index in [0.717, 1.165) is 18.2 Å². The first-order valence-electron chi connectivity index (χ1n) is 5.49. The number of nitrogens with one attached hydrogen (secondary N) is 1. The Bertz CT molecular complexity index is 459. The summed E-state index contributed by atoms with van der Waals surface area (Å²) >= 11 is 0. The fourth-order valence-corrected chi connectivity index (χ4v) is 2.14. The third-order valence-electron chi connectivity index (χ3n) is 2.95. The molecule has 2 rings (SSSR count). The van der Waals surface area contributed by atoms with Crippen LogP contribution >= 0.6 is 0 Å². The molecule has 1 unspecified atom stereocenters. The fourth-order valence-electron chi connectivity index (χ4n) is 2.14. The zero-order valence-electron chi connectivity index (χ0n) is 9.18. The van der Waals surface area contributed by atoms with E-state index in [-0.39, 0.29) is 5.82 Å². The zero-order chi connectivity index (χ0) is 10.8. The Kier molecular flexibility index (Phi) is 2.76. The first-order valence-corrected chi connectivity index (χ1v) is 5.49. The Hall–Kier alpha value is -1.31. The van der Waals surface area contributed by atoms with Crippen LogP contribution in [0.5, 0.6) is 0 Å². The summed E-state index contributed by atoms with van der Waals surface area (Å²) in [5, 5.41) is 1.02. The van der Waals surface area contributed by atoms with Crippen LogP contribution in [0.4, 0.5) is 4.39 Å². The van der Waals surface area contributed by atoms with Gasteiger partial charge in [0, 0.05) is 11.6 Å². The zero-order valence-corrected chi connectivity index (χ0v) is 9.18. The third kappa shape index (κ3) is 1.76. The number of hydrogen-bond donors (Lipinski definition) is 1. The van der Waals surface area contributed by atoms with Gasteiger partial charge in [-0.3, -0.25) is 0 Å². The van der Waals surface area contributed by atoms with E-state index in [9.17, 15) is 4.39 Å². The van der Waals surface area contributed by atoms with E-state index in [2.05, 4.69) is 18.8 Å². The van der Waals surface area contributed by atoms with E-state index in [1.807, 2.05) is 12.3 Å². The molecule has 1 nitrogen and oxygen atoms in total. The van der Waals surface area contributed by atoms with Crippen molar-refractivity contribution in [2.45, 2.75) is 32.6 Å². The third-order valence-corrected chi connectivity index (χ3v) is 2.95. The minimum Gasteiger partial charge on any atom is -0.359 e. The number of H-pyrrole nitrogens is 1. The topological polar surface area (TPSA) is 15.8 Å². The van der Waals surface area contributed by atoms with Crippen molar-refractivity contribution in [2.75, 3.05) is 0 Å². The molecule has 0 aliphatic heterocycles. The van der Waals surface area contributed by atoms with E-state index in [4.69, 9.17) is 0 Å². The average Bonchev–Trinajstić information content (AvgIpc) is 2.63. The number of benzene rings is 1. The van der Waals surface area contributed by atoms with Crippen molar-refractivity contribution in [2.24, 2.45) is 0 Å². The second-order valence-corrected chi connectivity index (χ2v) is 4.10. The summed E-state index contributed by atoms with van der Waals surface area (Å²) in [5.41, 5.74) is 1.86. The molecular formula is C13H16FN. The quantitative estimate of drug-likeness (QED) is 0.772. The molecule has 0 saturated carbocycles. The highest BCUT2D eigenvalue weighted by atomic mass is 19.1. The maximum absolute atomic E-state index is 13.4. The highest BCUT2D eigenvalue weighted by Crippen LogP contribution is 2.29. The van der Waals surface area contributed by atoms with E-state index < -0.39 is 0 Å². The molecule has 1 atom stereocenters. The SMILES string of the molecule is CCCC(C)c1c[nH]c2c(F)cccc12. The first-order chi connectivity index (χ1) is 7.24. The van der Waals surface area contributed by atoms with E-state index >= 15 is 0 Å². The van der Waals surface area contributed by atoms with Gasteiger partial charge >= 0.3 is 0 Å². The van der Waals surface area contributed by atoms with Crippen LogP contribution in [0.3, 0.4) is 0 Å². The van der Waals surface area contributed by atoms with Crippen molar-refractivity contribution in [3.63, 3.8) is 0 Å². The van der Waals surface area contributed by atoms with Crippen LogP contribution < -0.4 is 0 Å². The molecule has 0 radical (unpaired) electrons. The maximum Gasteiger partial charge on any atom is 0.147 e. The van der Waals surface area contributed by atoms with Gasteiger partial charge in [0.1, 0.15) is 5.82 Å². The van der Waals surface area contributed by atoms with Crippen LogP contribution in [-0.2, 0) is 0 Å². The molecule has 15 heavy (non-hydrogen) atoms. The summed E-state index contributed by atoms with van der Waals surface area (Å²) in [6.07, 6.45) is 4.24. The van der Waals surface area contributed by atoms with Crippen molar-refractivity contribution in [1.29, 1.82) is 0 Å². The maximum atomic E-state index is 13.4. The summed E-state index contributed by atoms with van der Waals surface area (Å²) in [6.45, 7) is 4.36. The molecule has 2 aromatic rings. The van der Waals surface area contributed by atoms with E-state index in [0.29, 0.717) is 11.4 Å². The minimum absolute atomic E-state index is 0.164. The summed E-state index contributed by atoms with van der Waals surface area (Å²) in [7, 11) is 0. The summed E-state index contributed by atoms with van der Waals surface area (Å²) in [6, 6.07) is 5.25. The molecule has 0 amide bonds. The lowest BCUT2D eigenvalue weighted by molar-refractivity contribution is 0.637. The smallest absolute Gasteiger partial charge is 0.147 e. The molecule has 0 aliphatic carbocycles. The predicted molar refractivity (Wildman–Crippen MR) is 61.6 cm³/mol. The normalized spacial score (nSPS) is 13.3. The minimum atomic E-state index is -0.164. The first kappa shape index (κ1) is 10.2. The van der Waals surface area contributed by atoms with Crippen LogP contribution in [0.25, 0.3) is 10.9 Å². The van der Waals surface area contributed by atoms with Crippen molar-refractivity contribution in [3.8, 4) is 0 Å². The molecule has 0 aliphatic rings. The van der Waals surface area contributed by atoms with Crippen molar-refractivity contribution >= 4 is 10.9 Å². The van der Waals surface area contributed by atoms with Gasteiger partial charge in [0.15, 0.2) is 0 Å². The molecule has 1 aromatic carbocycles. The Morgan fingerprint density at radius 3 is 2.93 bits per heavy atom. The molecule has 80 valence electrons. The Labute approximate surface area is 89.3 Å².